The van der Waals surface area contributed by atoms with Crippen LogP contribution in [0.4, 0.5) is 0 Å². The Hall–Kier alpha value is -1.01. The third-order valence-corrected chi connectivity index (χ3v) is 2.54. The fourth-order valence-corrected chi connectivity index (χ4v) is 1.64. The largest absolute Gasteiger partial charge is 0.318 e. The van der Waals surface area contributed by atoms with Gasteiger partial charge in [0, 0.05) is 13.0 Å². The first-order valence-electron chi connectivity index (χ1n) is 4.79. The molecule has 1 aromatic heterocycles. The fourth-order valence-electron chi connectivity index (χ4n) is 1.41. The maximum Gasteiger partial charge on any atom is 0.131 e. The molecule has 0 spiro atoms. The van der Waals surface area contributed by atoms with Gasteiger partial charge in [-0.3, -0.25) is 0 Å². The summed E-state index contributed by atoms with van der Waals surface area (Å²) in [5.41, 5.74) is 0.855. The molecule has 1 rings (SSSR count). The summed E-state index contributed by atoms with van der Waals surface area (Å²) in [5.74, 6) is 0.991. The van der Waals surface area contributed by atoms with Crippen molar-refractivity contribution in [2.24, 2.45) is 0 Å². The van der Waals surface area contributed by atoms with Crippen LogP contribution in [0.3, 0.4) is 0 Å². The topological polar surface area (TPSA) is 41.6 Å². The highest BCUT2D eigenvalue weighted by Gasteiger charge is 2.10. The molecular weight excluding hydrogens is 198 g/mol. The monoisotopic (exact) mass is 211 g/mol. The number of aromatic nitrogens is 2. The summed E-state index contributed by atoms with van der Waals surface area (Å²) >= 11 is 6.08. The molecule has 0 amide bonds. The van der Waals surface area contributed by atoms with Crippen LogP contribution in [-0.4, -0.2) is 9.55 Å². The van der Waals surface area contributed by atoms with Crippen LogP contribution in [0.15, 0.2) is 0 Å². The van der Waals surface area contributed by atoms with E-state index in [2.05, 4.69) is 18.0 Å². The Morgan fingerprint density at radius 1 is 1.57 bits per heavy atom. The molecule has 0 aliphatic rings. The maximum atomic E-state index is 8.52. The fraction of sp³-hybridized carbons (Fsp3) is 0.600. The van der Waals surface area contributed by atoms with Crippen molar-refractivity contribution in [3.05, 3.63) is 16.7 Å². The van der Waals surface area contributed by atoms with Crippen molar-refractivity contribution in [1.29, 1.82) is 5.26 Å². The van der Waals surface area contributed by atoms with Crippen molar-refractivity contribution in [2.75, 3.05) is 0 Å². The molecule has 4 heteroatoms. The minimum Gasteiger partial charge on any atom is -0.318 e. The normalized spacial score (nSPS) is 10.1. The van der Waals surface area contributed by atoms with E-state index in [-0.39, 0.29) is 0 Å². The van der Waals surface area contributed by atoms with Gasteiger partial charge in [-0.25, -0.2) is 4.98 Å². The van der Waals surface area contributed by atoms with E-state index in [1.807, 2.05) is 11.5 Å². The average molecular weight is 212 g/mol. The zero-order valence-corrected chi connectivity index (χ0v) is 9.30. The second kappa shape index (κ2) is 5.02. The molecule has 0 radical (unpaired) electrons. The van der Waals surface area contributed by atoms with Gasteiger partial charge in [0.25, 0.3) is 0 Å². The van der Waals surface area contributed by atoms with Gasteiger partial charge >= 0.3 is 0 Å². The molecule has 0 fully saturated rings. The number of nitriles is 1. The number of hydrogen-bond acceptors (Lipinski definition) is 2. The standard InChI is InChI=1S/C10H14ClN3/c1-3-5-9-13-8(2)10(11)14(9)7-4-6-12/h3-5,7H2,1-2H3. The summed E-state index contributed by atoms with van der Waals surface area (Å²) in [4.78, 5) is 4.37. The zero-order chi connectivity index (χ0) is 10.6. The second-order valence-corrected chi connectivity index (χ2v) is 3.57. The molecule has 0 saturated heterocycles. The van der Waals surface area contributed by atoms with Crippen LogP contribution >= 0.6 is 11.6 Å². The molecule has 0 unspecified atom stereocenters. The van der Waals surface area contributed by atoms with Gasteiger partial charge in [0.1, 0.15) is 11.0 Å². The molecule has 76 valence electrons. The van der Waals surface area contributed by atoms with Crippen molar-refractivity contribution in [3.8, 4) is 6.07 Å². The summed E-state index contributed by atoms with van der Waals surface area (Å²) in [7, 11) is 0. The molecule has 1 heterocycles. The lowest BCUT2D eigenvalue weighted by atomic mass is 10.3. The summed E-state index contributed by atoms with van der Waals surface area (Å²) in [5, 5.41) is 9.19. The van der Waals surface area contributed by atoms with Crippen LogP contribution in [-0.2, 0) is 13.0 Å². The van der Waals surface area contributed by atoms with Crippen molar-refractivity contribution >= 4 is 11.6 Å². The summed E-state index contributed by atoms with van der Waals surface area (Å²) in [6.45, 7) is 4.64. The third kappa shape index (κ3) is 2.27. The lowest BCUT2D eigenvalue weighted by Crippen LogP contribution is -2.03. The Morgan fingerprint density at radius 3 is 2.86 bits per heavy atom. The number of halogens is 1. The molecule has 0 saturated carbocycles. The van der Waals surface area contributed by atoms with E-state index in [1.165, 1.54) is 0 Å². The van der Waals surface area contributed by atoms with Gasteiger partial charge in [-0.2, -0.15) is 5.26 Å². The maximum absolute atomic E-state index is 8.52. The summed E-state index contributed by atoms with van der Waals surface area (Å²) in [6, 6.07) is 2.11. The predicted octanol–water partition coefficient (Wildman–Crippen LogP) is 2.71. The molecule has 3 nitrogen and oxygen atoms in total. The average Bonchev–Trinajstić information content (AvgIpc) is 2.42. The number of imidazole rings is 1. The van der Waals surface area contributed by atoms with Crippen LogP contribution in [0.2, 0.25) is 5.15 Å². The van der Waals surface area contributed by atoms with E-state index in [0.29, 0.717) is 18.1 Å². The minimum absolute atomic E-state index is 0.478. The van der Waals surface area contributed by atoms with Crippen molar-refractivity contribution in [3.63, 3.8) is 0 Å². The van der Waals surface area contributed by atoms with Crippen LogP contribution in [0.25, 0.3) is 0 Å². The molecule has 0 aliphatic carbocycles. The summed E-state index contributed by atoms with van der Waals surface area (Å²) in [6.07, 6.45) is 2.44. The minimum atomic E-state index is 0.478. The van der Waals surface area contributed by atoms with E-state index in [0.717, 1.165) is 24.4 Å². The zero-order valence-electron chi connectivity index (χ0n) is 8.55. The molecule has 0 bridgehead atoms. The van der Waals surface area contributed by atoms with E-state index in [1.54, 1.807) is 0 Å². The van der Waals surface area contributed by atoms with E-state index in [9.17, 15) is 0 Å². The van der Waals surface area contributed by atoms with E-state index in [4.69, 9.17) is 16.9 Å². The van der Waals surface area contributed by atoms with Crippen LogP contribution in [0.1, 0.15) is 31.3 Å². The summed E-state index contributed by atoms with van der Waals surface area (Å²) < 4.78 is 1.93. The molecular formula is C10H14ClN3. The van der Waals surface area contributed by atoms with Crippen LogP contribution in [0, 0.1) is 18.3 Å². The molecule has 0 aromatic carbocycles. The van der Waals surface area contributed by atoms with Gasteiger partial charge in [-0.1, -0.05) is 18.5 Å². The van der Waals surface area contributed by atoms with Crippen molar-refractivity contribution in [2.45, 2.75) is 39.7 Å². The second-order valence-electron chi connectivity index (χ2n) is 3.21. The quantitative estimate of drug-likeness (QED) is 0.769. The molecule has 0 atom stereocenters. The van der Waals surface area contributed by atoms with Crippen LogP contribution < -0.4 is 0 Å². The van der Waals surface area contributed by atoms with Crippen molar-refractivity contribution < 1.29 is 0 Å². The lowest BCUT2D eigenvalue weighted by Gasteiger charge is -2.05. The Bertz CT molecular complexity index is 349. The Morgan fingerprint density at radius 2 is 2.29 bits per heavy atom. The Balaban J connectivity index is 2.92. The van der Waals surface area contributed by atoms with Crippen molar-refractivity contribution in [1.82, 2.24) is 9.55 Å². The predicted molar refractivity (Wildman–Crippen MR) is 56.2 cm³/mol. The highest BCUT2D eigenvalue weighted by molar-refractivity contribution is 6.30. The molecule has 0 N–H and O–H groups in total. The highest BCUT2D eigenvalue weighted by Crippen LogP contribution is 2.18. The highest BCUT2D eigenvalue weighted by atomic mass is 35.5. The number of hydrogen-bond donors (Lipinski definition) is 0. The molecule has 14 heavy (non-hydrogen) atoms. The van der Waals surface area contributed by atoms with Gasteiger partial charge in [0.15, 0.2) is 0 Å². The van der Waals surface area contributed by atoms with Crippen LogP contribution in [0.5, 0.6) is 0 Å². The Kier molecular flexibility index (Phi) is 3.97. The first kappa shape index (κ1) is 11.1. The van der Waals surface area contributed by atoms with E-state index < -0.39 is 0 Å². The molecule has 1 aromatic rings. The third-order valence-electron chi connectivity index (χ3n) is 2.06. The first-order valence-corrected chi connectivity index (χ1v) is 5.17. The van der Waals surface area contributed by atoms with Gasteiger partial charge in [0.05, 0.1) is 18.2 Å². The number of nitrogens with zero attached hydrogens (tertiary/aromatic N) is 3. The Labute approximate surface area is 89.3 Å². The molecule has 0 aliphatic heterocycles. The van der Waals surface area contributed by atoms with Gasteiger partial charge in [0.2, 0.25) is 0 Å². The lowest BCUT2D eigenvalue weighted by molar-refractivity contribution is 0.655. The SMILES string of the molecule is CCCc1nc(C)c(Cl)n1CCC#N. The van der Waals surface area contributed by atoms with Gasteiger partial charge in [-0.15, -0.1) is 0 Å². The van der Waals surface area contributed by atoms with E-state index >= 15 is 0 Å². The number of aryl methyl sites for hydroxylation is 2. The smallest absolute Gasteiger partial charge is 0.131 e. The van der Waals surface area contributed by atoms with Gasteiger partial charge in [-0.05, 0) is 13.3 Å². The van der Waals surface area contributed by atoms with Gasteiger partial charge < -0.3 is 4.57 Å². The number of rotatable bonds is 4. The first-order chi connectivity index (χ1) is 6.70.